The second-order valence-corrected chi connectivity index (χ2v) is 5.07. The van der Waals surface area contributed by atoms with Gasteiger partial charge < -0.3 is 0 Å². The van der Waals surface area contributed by atoms with Gasteiger partial charge in [-0.05, 0) is 38.5 Å². The van der Waals surface area contributed by atoms with Gasteiger partial charge in [-0.25, -0.2) is 0 Å². The van der Waals surface area contributed by atoms with E-state index in [-0.39, 0.29) is 0 Å². The summed E-state index contributed by atoms with van der Waals surface area (Å²) < 4.78 is 0. The standard InChI is InChI=1S/C13H14S/c1-9-6-10(2)8-12(7-9)13-5-4-11(3)14-13/h4-8H,1-3H3. The van der Waals surface area contributed by atoms with Crippen molar-refractivity contribution in [2.45, 2.75) is 20.8 Å². The van der Waals surface area contributed by atoms with Gasteiger partial charge in [0.15, 0.2) is 0 Å². The van der Waals surface area contributed by atoms with E-state index in [1.807, 2.05) is 11.3 Å². The Bertz CT molecular complexity index is 432. The summed E-state index contributed by atoms with van der Waals surface area (Å²) in [6, 6.07) is 11.1. The third kappa shape index (κ3) is 1.88. The van der Waals surface area contributed by atoms with Crippen LogP contribution in [0.15, 0.2) is 30.3 Å². The zero-order chi connectivity index (χ0) is 10.1. The molecule has 0 saturated heterocycles. The smallest absolute Gasteiger partial charge is 0.0345 e. The van der Waals surface area contributed by atoms with E-state index in [1.54, 1.807) is 0 Å². The lowest BCUT2D eigenvalue weighted by atomic mass is 10.1. The molecule has 0 amide bonds. The molecule has 1 aromatic heterocycles. The number of hydrogen-bond acceptors (Lipinski definition) is 1. The van der Waals surface area contributed by atoms with E-state index in [9.17, 15) is 0 Å². The zero-order valence-corrected chi connectivity index (χ0v) is 9.61. The van der Waals surface area contributed by atoms with Gasteiger partial charge in [0.2, 0.25) is 0 Å². The summed E-state index contributed by atoms with van der Waals surface area (Å²) in [5.41, 5.74) is 4.03. The van der Waals surface area contributed by atoms with Crippen molar-refractivity contribution in [2.24, 2.45) is 0 Å². The molecule has 2 rings (SSSR count). The van der Waals surface area contributed by atoms with Crippen molar-refractivity contribution in [3.63, 3.8) is 0 Å². The Balaban J connectivity index is 2.51. The number of hydrogen-bond donors (Lipinski definition) is 0. The molecule has 0 N–H and O–H groups in total. The first kappa shape index (κ1) is 9.47. The molecule has 1 aromatic carbocycles. The molecule has 1 heteroatoms. The Hall–Kier alpha value is -1.08. The van der Waals surface area contributed by atoms with E-state index in [2.05, 4.69) is 51.1 Å². The van der Waals surface area contributed by atoms with Gasteiger partial charge in [-0.3, -0.25) is 0 Å². The lowest BCUT2D eigenvalue weighted by Gasteiger charge is -2.01. The van der Waals surface area contributed by atoms with Crippen LogP contribution < -0.4 is 0 Å². The first-order chi connectivity index (χ1) is 6.65. The maximum atomic E-state index is 2.25. The third-order valence-electron chi connectivity index (χ3n) is 2.25. The summed E-state index contributed by atoms with van der Waals surface area (Å²) in [5.74, 6) is 0. The van der Waals surface area contributed by atoms with Gasteiger partial charge in [-0.1, -0.05) is 29.3 Å². The first-order valence-corrected chi connectivity index (χ1v) is 5.62. The fraction of sp³-hybridized carbons (Fsp3) is 0.231. The van der Waals surface area contributed by atoms with Crippen LogP contribution in [0.2, 0.25) is 0 Å². The molecular formula is C13H14S. The van der Waals surface area contributed by atoms with Crippen LogP contribution in [-0.4, -0.2) is 0 Å². The quantitative estimate of drug-likeness (QED) is 0.645. The lowest BCUT2D eigenvalue weighted by molar-refractivity contribution is 1.39. The van der Waals surface area contributed by atoms with Crippen LogP contribution in [0.4, 0.5) is 0 Å². The highest BCUT2D eigenvalue weighted by Gasteiger charge is 2.01. The Morgan fingerprint density at radius 2 is 1.50 bits per heavy atom. The number of aryl methyl sites for hydroxylation is 3. The average molecular weight is 202 g/mol. The normalized spacial score (nSPS) is 10.5. The molecule has 0 bridgehead atoms. The third-order valence-corrected chi connectivity index (χ3v) is 3.30. The van der Waals surface area contributed by atoms with E-state index in [0.717, 1.165) is 0 Å². The van der Waals surface area contributed by atoms with E-state index in [0.29, 0.717) is 0 Å². The topological polar surface area (TPSA) is 0 Å². The maximum absolute atomic E-state index is 2.25. The fourth-order valence-electron chi connectivity index (χ4n) is 1.71. The molecule has 0 aliphatic heterocycles. The van der Waals surface area contributed by atoms with E-state index >= 15 is 0 Å². The summed E-state index contributed by atoms with van der Waals surface area (Å²) in [7, 11) is 0. The van der Waals surface area contributed by atoms with Crippen molar-refractivity contribution < 1.29 is 0 Å². The highest BCUT2D eigenvalue weighted by molar-refractivity contribution is 7.15. The molecule has 1 heterocycles. The predicted molar refractivity (Wildman–Crippen MR) is 64.0 cm³/mol. The van der Waals surface area contributed by atoms with Gasteiger partial charge in [0.25, 0.3) is 0 Å². The number of rotatable bonds is 1. The lowest BCUT2D eigenvalue weighted by Crippen LogP contribution is -1.79. The van der Waals surface area contributed by atoms with Gasteiger partial charge in [0.1, 0.15) is 0 Å². The summed E-state index contributed by atoms with van der Waals surface area (Å²) in [4.78, 5) is 2.74. The van der Waals surface area contributed by atoms with Crippen molar-refractivity contribution >= 4 is 11.3 Å². The second-order valence-electron chi connectivity index (χ2n) is 3.79. The van der Waals surface area contributed by atoms with Crippen LogP contribution in [0.1, 0.15) is 16.0 Å². The minimum absolute atomic E-state index is 1.34. The Kier molecular flexibility index (Phi) is 2.42. The van der Waals surface area contributed by atoms with Gasteiger partial charge >= 0.3 is 0 Å². The van der Waals surface area contributed by atoms with Crippen molar-refractivity contribution in [2.75, 3.05) is 0 Å². The SMILES string of the molecule is Cc1cc(C)cc(-c2ccc(C)s2)c1. The molecule has 0 saturated carbocycles. The number of thiophene rings is 1. The van der Waals surface area contributed by atoms with Gasteiger partial charge in [-0.15, -0.1) is 11.3 Å². The summed E-state index contributed by atoms with van der Waals surface area (Å²) in [6.07, 6.45) is 0. The molecule has 0 unspecified atom stereocenters. The predicted octanol–water partition coefficient (Wildman–Crippen LogP) is 4.34. The van der Waals surface area contributed by atoms with Crippen LogP contribution in [0, 0.1) is 20.8 Å². The number of benzene rings is 1. The summed E-state index contributed by atoms with van der Waals surface area (Å²) >= 11 is 1.86. The Morgan fingerprint density at radius 1 is 0.857 bits per heavy atom. The Labute approximate surface area is 89.2 Å². The Morgan fingerprint density at radius 3 is 2.00 bits per heavy atom. The van der Waals surface area contributed by atoms with E-state index in [4.69, 9.17) is 0 Å². The molecule has 0 nitrogen and oxygen atoms in total. The molecule has 0 radical (unpaired) electrons. The van der Waals surface area contributed by atoms with E-state index < -0.39 is 0 Å². The van der Waals surface area contributed by atoms with Crippen LogP contribution in [0.3, 0.4) is 0 Å². The molecule has 0 atom stereocenters. The van der Waals surface area contributed by atoms with E-state index in [1.165, 1.54) is 26.4 Å². The minimum atomic E-state index is 1.34. The summed E-state index contributed by atoms with van der Waals surface area (Å²) in [5, 5.41) is 0. The van der Waals surface area contributed by atoms with Gasteiger partial charge in [-0.2, -0.15) is 0 Å². The van der Waals surface area contributed by atoms with Crippen LogP contribution >= 0.6 is 11.3 Å². The minimum Gasteiger partial charge on any atom is -0.141 e. The highest BCUT2D eigenvalue weighted by Crippen LogP contribution is 2.28. The van der Waals surface area contributed by atoms with Crippen molar-refractivity contribution in [3.8, 4) is 10.4 Å². The molecule has 0 spiro atoms. The molecule has 0 fully saturated rings. The second kappa shape index (κ2) is 3.58. The molecular weight excluding hydrogens is 188 g/mol. The summed E-state index contributed by atoms with van der Waals surface area (Å²) in [6.45, 7) is 6.45. The zero-order valence-electron chi connectivity index (χ0n) is 8.79. The van der Waals surface area contributed by atoms with Gasteiger partial charge in [0, 0.05) is 9.75 Å². The first-order valence-electron chi connectivity index (χ1n) is 4.80. The highest BCUT2D eigenvalue weighted by atomic mass is 32.1. The molecule has 72 valence electrons. The average Bonchev–Trinajstić information content (AvgIpc) is 2.50. The maximum Gasteiger partial charge on any atom is 0.0345 e. The van der Waals surface area contributed by atoms with Crippen molar-refractivity contribution in [1.82, 2.24) is 0 Å². The van der Waals surface area contributed by atoms with Gasteiger partial charge in [0.05, 0.1) is 0 Å². The van der Waals surface area contributed by atoms with Crippen LogP contribution in [-0.2, 0) is 0 Å². The largest absolute Gasteiger partial charge is 0.141 e. The van der Waals surface area contributed by atoms with Crippen LogP contribution in [0.5, 0.6) is 0 Å². The molecule has 0 aliphatic rings. The monoisotopic (exact) mass is 202 g/mol. The van der Waals surface area contributed by atoms with Crippen molar-refractivity contribution in [1.29, 1.82) is 0 Å². The van der Waals surface area contributed by atoms with Crippen LogP contribution in [0.25, 0.3) is 10.4 Å². The fourth-order valence-corrected chi connectivity index (χ4v) is 2.56. The van der Waals surface area contributed by atoms with Crippen molar-refractivity contribution in [3.05, 3.63) is 46.3 Å². The molecule has 2 aromatic rings. The molecule has 0 aliphatic carbocycles. The molecule has 14 heavy (non-hydrogen) atoms.